The van der Waals surface area contributed by atoms with Crippen molar-refractivity contribution in [1.29, 1.82) is 0 Å². The molecule has 1 atom stereocenters. The summed E-state index contributed by atoms with van der Waals surface area (Å²) in [6, 6.07) is 7.78. The van der Waals surface area contributed by atoms with Gasteiger partial charge in [0, 0.05) is 4.88 Å². The van der Waals surface area contributed by atoms with Crippen molar-refractivity contribution in [3.8, 4) is 5.75 Å². The number of benzene rings is 1. The van der Waals surface area contributed by atoms with Crippen molar-refractivity contribution < 1.29 is 18.6 Å². The van der Waals surface area contributed by atoms with Crippen LogP contribution in [-0.4, -0.2) is 11.7 Å². The molecule has 1 unspecified atom stereocenters. The van der Waals surface area contributed by atoms with E-state index >= 15 is 0 Å². The predicted molar refractivity (Wildman–Crippen MR) is 71.2 cm³/mol. The lowest BCUT2D eigenvalue weighted by atomic mass is 10.1. The minimum Gasteiger partial charge on any atom is -0.435 e. The van der Waals surface area contributed by atoms with Crippen LogP contribution in [0.4, 0.5) is 8.78 Å². The number of alkyl halides is 2. The highest BCUT2D eigenvalue weighted by molar-refractivity contribution is 7.16. The van der Waals surface area contributed by atoms with E-state index in [-0.39, 0.29) is 5.75 Å². The minimum absolute atomic E-state index is 0.0194. The van der Waals surface area contributed by atoms with Gasteiger partial charge in [0.15, 0.2) is 0 Å². The average molecular weight is 305 g/mol. The molecule has 0 amide bonds. The van der Waals surface area contributed by atoms with Crippen LogP contribution in [0.1, 0.15) is 22.1 Å². The van der Waals surface area contributed by atoms with Gasteiger partial charge in [-0.15, -0.1) is 11.3 Å². The maximum atomic E-state index is 12.1. The number of aryl methyl sites for hydroxylation is 1. The molecule has 102 valence electrons. The fourth-order valence-electron chi connectivity index (χ4n) is 1.64. The first-order valence-corrected chi connectivity index (χ1v) is 6.65. The van der Waals surface area contributed by atoms with E-state index in [4.69, 9.17) is 11.6 Å². The molecule has 0 aliphatic rings. The Balaban J connectivity index is 2.25. The number of rotatable bonds is 4. The van der Waals surface area contributed by atoms with Gasteiger partial charge >= 0.3 is 6.61 Å². The first kappa shape index (κ1) is 14.2. The van der Waals surface area contributed by atoms with E-state index in [1.807, 2.05) is 6.92 Å². The Bertz CT molecular complexity index is 552. The average Bonchev–Trinajstić information content (AvgIpc) is 2.68. The van der Waals surface area contributed by atoms with Crippen LogP contribution >= 0.6 is 22.9 Å². The molecule has 0 fully saturated rings. The van der Waals surface area contributed by atoms with Crippen LogP contribution < -0.4 is 4.74 Å². The van der Waals surface area contributed by atoms with Gasteiger partial charge in [0.2, 0.25) is 0 Å². The Kier molecular flexibility index (Phi) is 4.39. The molecule has 0 aliphatic carbocycles. The van der Waals surface area contributed by atoms with Crippen molar-refractivity contribution >= 4 is 22.9 Å². The maximum absolute atomic E-state index is 12.1. The van der Waals surface area contributed by atoms with Crippen LogP contribution in [0.3, 0.4) is 0 Å². The first-order chi connectivity index (χ1) is 8.97. The number of aliphatic hydroxyl groups is 1. The van der Waals surface area contributed by atoms with Crippen LogP contribution in [0.25, 0.3) is 0 Å². The van der Waals surface area contributed by atoms with Crippen molar-refractivity contribution in [3.05, 3.63) is 50.7 Å². The van der Waals surface area contributed by atoms with Crippen LogP contribution in [-0.2, 0) is 0 Å². The molecule has 2 nitrogen and oxygen atoms in total. The van der Waals surface area contributed by atoms with E-state index in [9.17, 15) is 13.9 Å². The summed E-state index contributed by atoms with van der Waals surface area (Å²) < 4.78 is 29.2. The summed E-state index contributed by atoms with van der Waals surface area (Å²) in [6.45, 7) is -1.04. The van der Waals surface area contributed by atoms with Crippen molar-refractivity contribution in [2.75, 3.05) is 0 Å². The van der Waals surface area contributed by atoms with Crippen LogP contribution in [0.2, 0.25) is 4.34 Å². The molecular weight excluding hydrogens is 294 g/mol. The van der Waals surface area contributed by atoms with Gasteiger partial charge in [-0.25, -0.2) is 0 Å². The Morgan fingerprint density at radius 2 is 2.05 bits per heavy atom. The second-order valence-corrected chi connectivity index (χ2v) is 5.64. The topological polar surface area (TPSA) is 29.5 Å². The Morgan fingerprint density at radius 3 is 2.63 bits per heavy atom. The summed E-state index contributed by atoms with van der Waals surface area (Å²) in [5.41, 5.74) is 1.36. The number of aliphatic hydroxyl groups excluding tert-OH is 1. The smallest absolute Gasteiger partial charge is 0.387 e. The molecule has 0 saturated heterocycles. The molecule has 1 aromatic carbocycles. The highest BCUT2D eigenvalue weighted by Gasteiger charge is 2.16. The monoisotopic (exact) mass is 304 g/mol. The van der Waals surface area contributed by atoms with E-state index in [1.54, 1.807) is 18.2 Å². The number of ether oxygens (including phenoxy) is 1. The quantitative estimate of drug-likeness (QED) is 0.907. The van der Waals surface area contributed by atoms with Gasteiger partial charge < -0.3 is 9.84 Å². The van der Waals surface area contributed by atoms with Crippen LogP contribution in [0.5, 0.6) is 5.75 Å². The Morgan fingerprint density at radius 1 is 1.32 bits per heavy atom. The lowest BCUT2D eigenvalue weighted by Crippen LogP contribution is -2.03. The van der Waals surface area contributed by atoms with Crippen molar-refractivity contribution in [2.45, 2.75) is 19.6 Å². The number of thiophene rings is 1. The highest BCUT2D eigenvalue weighted by Crippen LogP contribution is 2.34. The maximum Gasteiger partial charge on any atom is 0.387 e. The van der Waals surface area contributed by atoms with Gasteiger partial charge in [0.25, 0.3) is 0 Å². The molecule has 2 rings (SSSR count). The Hall–Kier alpha value is -1.17. The molecule has 0 radical (unpaired) electrons. The van der Waals surface area contributed by atoms with Crippen molar-refractivity contribution in [3.63, 3.8) is 0 Å². The summed E-state index contributed by atoms with van der Waals surface area (Å²) in [7, 11) is 0. The third-order valence-corrected chi connectivity index (χ3v) is 4.15. The summed E-state index contributed by atoms with van der Waals surface area (Å²) >= 11 is 7.21. The molecule has 2 aromatic rings. The molecular formula is C13H11ClF2O2S. The van der Waals surface area contributed by atoms with Crippen LogP contribution in [0.15, 0.2) is 30.3 Å². The molecule has 0 saturated carbocycles. The van der Waals surface area contributed by atoms with Gasteiger partial charge in [-0.1, -0.05) is 23.7 Å². The lowest BCUT2D eigenvalue weighted by Gasteiger charge is -2.11. The Labute approximate surface area is 118 Å². The highest BCUT2D eigenvalue weighted by atomic mass is 35.5. The summed E-state index contributed by atoms with van der Waals surface area (Å²) in [5, 5.41) is 10.2. The van der Waals surface area contributed by atoms with Crippen molar-refractivity contribution in [2.24, 2.45) is 0 Å². The standard InChI is InChI=1S/C13H11ClF2O2S/c1-7-5-10(19-12(7)14)11(17)8-3-2-4-9(6-8)18-13(15)16/h2-6,11,13,17H,1H3. The largest absolute Gasteiger partial charge is 0.435 e. The molecule has 0 spiro atoms. The first-order valence-electron chi connectivity index (χ1n) is 5.46. The van der Waals surface area contributed by atoms with Gasteiger partial charge in [0.05, 0.1) is 4.34 Å². The SMILES string of the molecule is Cc1cc(C(O)c2cccc(OC(F)F)c2)sc1Cl. The molecule has 1 heterocycles. The second kappa shape index (κ2) is 5.86. The molecule has 0 bridgehead atoms. The van der Waals surface area contributed by atoms with Crippen molar-refractivity contribution in [1.82, 2.24) is 0 Å². The second-order valence-electron chi connectivity index (χ2n) is 3.96. The van der Waals surface area contributed by atoms with E-state index in [2.05, 4.69) is 4.74 Å². The summed E-state index contributed by atoms with van der Waals surface area (Å²) in [5.74, 6) is 0.0194. The van der Waals surface area contributed by atoms with E-state index in [0.29, 0.717) is 14.8 Å². The molecule has 1 aromatic heterocycles. The van der Waals surface area contributed by atoms with E-state index in [1.165, 1.54) is 23.5 Å². The molecule has 0 aliphatic heterocycles. The summed E-state index contributed by atoms with van der Waals surface area (Å²) in [6.07, 6.45) is -0.905. The van der Waals surface area contributed by atoms with Gasteiger partial charge in [-0.2, -0.15) is 8.78 Å². The van der Waals surface area contributed by atoms with E-state index in [0.717, 1.165) is 5.56 Å². The lowest BCUT2D eigenvalue weighted by molar-refractivity contribution is -0.0499. The van der Waals surface area contributed by atoms with E-state index < -0.39 is 12.7 Å². The number of hydrogen-bond donors (Lipinski definition) is 1. The fraction of sp³-hybridized carbons (Fsp3) is 0.231. The van der Waals surface area contributed by atoms with Crippen LogP contribution in [0, 0.1) is 6.92 Å². The van der Waals surface area contributed by atoms with Gasteiger partial charge in [0.1, 0.15) is 11.9 Å². The molecule has 19 heavy (non-hydrogen) atoms. The minimum atomic E-state index is -2.88. The summed E-state index contributed by atoms with van der Waals surface area (Å²) in [4.78, 5) is 0.664. The molecule has 6 heteroatoms. The number of hydrogen-bond acceptors (Lipinski definition) is 3. The zero-order chi connectivity index (χ0) is 14.0. The third kappa shape index (κ3) is 3.43. The fourth-order valence-corrected chi connectivity index (χ4v) is 2.88. The van der Waals surface area contributed by atoms with Gasteiger partial charge in [-0.05, 0) is 36.2 Å². The zero-order valence-electron chi connectivity index (χ0n) is 9.94. The van der Waals surface area contributed by atoms with Gasteiger partial charge in [-0.3, -0.25) is 0 Å². The normalized spacial score (nSPS) is 12.7. The molecule has 1 N–H and O–H groups in total. The third-order valence-electron chi connectivity index (χ3n) is 2.54. The predicted octanol–water partition coefficient (Wildman–Crippen LogP) is 4.39. The number of halogens is 3. The zero-order valence-corrected chi connectivity index (χ0v) is 11.5.